The van der Waals surface area contributed by atoms with Crippen molar-refractivity contribution in [2.75, 3.05) is 13.1 Å². The molecule has 1 aliphatic heterocycles. The van der Waals surface area contributed by atoms with E-state index in [0.29, 0.717) is 19.5 Å². The second-order valence-corrected chi connectivity index (χ2v) is 2.65. The molecular weight excluding hydrogens is 133 g/mol. The van der Waals surface area contributed by atoms with E-state index in [9.17, 15) is 9.18 Å². The van der Waals surface area contributed by atoms with Crippen molar-refractivity contribution in [1.29, 1.82) is 0 Å². The first-order valence-corrected chi connectivity index (χ1v) is 3.66. The summed E-state index contributed by atoms with van der Waals surface area (Å²) in [6.07, 6.45) is 0.653. The number of carbonyl (C=O) groups is 1. The van der Waals surface area contributed by atoms with Crippen LogP contribution >= 0.6 is 0 Å². The Bertz CT molecular complexity index is 132. The molecule has 1 rings (SSSR count). The van der Waals surface area contributed by atoms with Crippen LogP contribution in [0.25, 0.3) is 0 Å². The Morgan fingerprint density at radius 2 is 2.30 bits per heavy atom. The second kappa shape index (κ2) is 2.99. The van der Waals surface area contributed by atoms with Crippen LogP contribution in [0, 0.1) is 0 Å². The van der Waals surface area contributed by atoms with Crippen LogP contribution in [0.5, 0.6) is 0 Å². The zero-order valence-corrected chi connectivity index (χ0v) is 6.14. The number of likely N-dealkylation sites (tertiary alicyclic amines) is 1. The fourth-order valence-electron chi connectivity index (χ4n) is 1.00. The van der Waals surface area contributed by atoms with Crippen molar-refractivity contribution in [2.24, 2.45) is 0 Å². The summed E-state index contributed by atoms with van der Waals surface area (Å²) >= 11 is 0. The number of amides is 1. The molecule has 0 saturated carbocycles. The van der Waals surface area contributed by atoms with Gasteiger partial charge in [-0.1, -0.05) is 6.92 Å². The fraction of sp³-hybridized carbons (Fsp3) is 0.857. The van der Waals surface area contributed by atoms with Crippen molar-refractivity contribution in [3.05, 3.63) is 0 Å². The molecule has 0 aromatic rings. The average molecular weight is 145 g/mol. The van der Waals surface area contributed by atoms with Crippen LogP contribution in [0.4, 0.5) is 4.39 Å². The highest BCUT2D eigenvalue weighted by atomic mass is 19.1. The molecule has 2 nitrogen and oxygen atoms in total. The summed E-state index contributed by atoms with van der Waals surface area (Å²) in [7, 11) is 0. The molecule has 0 atom stereocenters. The highest BCUT2D eigenvalue weighted by Gasteiger charge is 2.29. The topological polar surface area (TPSA) is 20.3 Å². The van der Waals surface area contributed by atoms with Crippen molar-refractivity contribution in [3.8, 4) is 0 Å². The highest BCUT2D eigenvalue weighted by molar-refractivity contribution is 5.77. The van der Waals surface area contributed by atoms with Gasteiger partial charge >= 0.3 is 0 Å². The zero-order valence-electron chi connectivity index (χ0n) is 6.14. The Labute approximate surface area is 60.0 Å². The van der Waals surface area contributed by atoms with Crippen molar-refractivity contribution in [2.45, 2.75) is 25.9 Å². The van der Waals surface area contributed by atoms with Crippen molar-refractivity contribution >= 4 is 5.91 Å². The van der Waals surface area contributed by atoms with Gasteiger partial charge in [-0.05, 0) is 6.42 Å². The quantitative estimate of drug-likeness (QED) is 0.567. The van der Waals surface area contributed by atoms with Crippen molar-refractivity contribution in [1.82, 2.24) is 4.90 Å². The van der Waals surface area contributed by atoms with Gasteiger partial charge in [-0.15, -0.1) is 0 Å². The Hall–Kier alpha value is -0.600. The van der Waals surface area contributed by atoms with Crippen molar-refractivity contribution in [3.63, 3.8) is 0 Å². The van der Waals surface area contributed by atoms with Crippen LogP contribution < -0.4 is 0 Å². The molecule has 0 bridgehead atoms. The lowest BCUT2D eigenvalue weighted by molar-refractivity contribution is -0.138. The maximum atomic E-state index is 12.2. The zero-order chi connectivity index (χ0) is 7.56. The largest absolute Gasteiger partial charge is 0.337 e. The molecule has 0 N–H and O–H groups in total. The third kappa shape index (κ3) is 1.46. The molecule has 1 saturated heterocycles. The standard InChI is InChI=1S/C7H12FNO/c1-2-3-7(10)9-4-6(8)5-9/h6H,2-5H2,1H3. The van der Waals surface area contributed by atoms with E-state index in [1.54, 1.807) is 4.90 Å². The molecule has 3 heteroatoms. The number of halogens is 1. The average Bonchev–Trinajstić information content (AvgIpc) is 1.82. The normalized spacial score (nSPS) is 18.8. The highest BCUT2D eigenvalue weighted by Crippen LogP contribution is 2.12. The summed E-state index contributed by atoms with van der Waals surface area (Å²) in [5, 5.41) is 0. The van der Waals surface area contributed by atoms with Crippen LogP contribution in [-0.2, 0) is 4.79 Å². The summed E-state index contributed by atoms with van der Waals surface area (Å²) in [4.78, 5) is 12.5. The minimum Gasteiger partial charge on any atom is -0.337 e. The molecular formula is C7H12FNO. The SMILES string of the molecule is CCCC(=O)N1CC(F)C1. The lowest BCUT2D eigenvalue weighted by atomic mass is 10.1. The van der Waals surface area contributed by atoms with Crippen LogP contribution in [0.2, 0.25) is 0 Å². The lowest BCUT2D eigenvalue weighted by Crippen LogP contribution is -2.51. The van der Waals surface area contributed by atoms with E-state index in [-0.39, 0.29) is 5.91 Å². The summed E-state index contributed by atoms with van der Waals surface area (Å²) in [6, 6.07) is 0. The van der Waals surface area contributed by atoms with E-state index in [1.807, 2.05) is 6.92 Å². The van der Waals surface area contributed by atoms with Gasteiger partial charge in [0.25, 0.3) is 0 Å². The number of alkyl halides is 1. The summed E-state index contributed by atoms with van der Waals surface area (Å²) in [5.74, 6) is 0.0939. The predicted octanol–water partition coefficient (Wildman–Crippen LogP) is 0.967. The van der Waals surface area contributed by atoms with Gasteiger partial charge in [-0.3, -0.25) is 4.79 Å². The molecule has 1 heterocycles. The first kappa shape index (κ1) is 7.51. The molecule has 0 spiro atoms. The number of hydrogen-bond donors (Lipinski definition) is 0. The molecule has 0 unspecified atom stereocenters. The summed E-state index contributed by atoms with van der Waals surface area (Å²) in [6.45, 7) is 2.59. The fourth-order valence-corrected chi connectivity index (χ4v) is 1.00. The monoisotopic (exact) mass is 145 g/mol. The molecule has 0 radical (unpaired) electrons. The Balaban J connectivity index is 2.18. The molecule has 1 amide bonds. The van der Waals surface area contributed by atoms with Gasteiger partial charge in [0.15, 0.2) is 0 Å². The van der Waals surface area contributed by atoms with Crippen LogP contribution in [0.3, 0.4) is 0 Å². The van der Waals surface area contributed by atoms with Gasteiger partial charge in [-0.2, -0.15) is 0 Å². The van der Waals surface area contributed by atoms with Crippen LogP contribution in [-0.4, -0.2) is 30.1 Å². The number of carbonyl (C=O) groups excluding carboxylic acids is 1. The van der Waals surface area contributed by atoms with Crippen LogP contribution in [0.15, 0.2) is 0 Å². The molecule has 58 valence electrons. The maximum absolute atomic E-state index is 12.2. The third-order valence-corrected chi connectivity index (χ3v) is 1.65. The molecule has 1 fully saturated rings. The number of nitrogens with zero attached hydrogens (tertiary/aromatic N) is 1. The molecule has 0 aliphatic carbocycles. The van der Waals surface area contributed by atoms with E-state index in [2.05, 4.69) is 0 Å². The molecule has 0 aromatic carbocycles. The van der Waals surface area contributed by atoms with E-state index >= 15 is 0 Å². The van der Waals surface area contributed by atoms with E-state index in [4.69, 9.17) is 0 Å². The Morgan fingerprint density at radius 1 is 1.70 bits per heavy atom. The minimum atomic E-state index is -0.763. The van der Waals surface area contributed by atoms with Gasteiger partial charge < -0.3 is 4.90 Å². The molecule has 10 heavy (non-hydrogen) atoms. The number of rotatable bonds is 2. The van der Waals surface area contributed by atoms with Crippen molar-refractivity contribution < 1.29 is 9.18 Å². The second-order valence-electron chi connectivity index (χ2n) is 2.65. The van der Waals surface area contributed by atoms with E-state index in [1.165, 1.54) is 0 Å². The van der Waals surface area contributed by atoms with Gasteiger partial charge in [-0.25, -0.2) is 4.39 Å². The molecule has 0 aromatic heterocycles. The van der Waals surface area contributed by atoms with Gasteiger partial charge in [0.2, 0.25) is 5.91 Å². The van der Waals surface area contributed by atoms with E-state index < -0.39 is 6.17 Å². The van der Waals surface area contributed by atoms with Gasteiger partial charge in [0.1, 0.15) is 6.17 Å². The smallest absolute Gasteiger partial charge is 0.222 e. The Kier molecular flexibility index (Phi) is 2.25. The first-order valence-electron chi connectivity index (χ1n) is 3.66. The van der Waals surface area contributed by atoms with E-state index in [0.717, 1.165) is 6.42 Å². The Morgan fingerprint density at radius 3 is 2.70 bits per heavy atom. The lowest BCUT2D eigenvalue weighted by Gasteiger charge is -2.34. The minimum absolute atomic E-state index is 0.0939. The predicted molar refractivity (Wildman–Crippen MR) is 36.4 cm³/mol. The first-order chi connectivity index (χ1) is 4.74. The van der Waals surface area contributed by atoms with Gasteiger partial charge in [0, 0.05) is 6.42 Å². The maximum Gasteiger partial charge on any atom is 0.222 e. The van der Waals surface area contributed by atoms with Gasteiger partial charge in [0.05, 0.1) is 13.1 Å². The summed E-state index contributed by atoms with van der Waals surface area (Å²) in [5.41, 5.74) is 0. The van der Waals surface area contributed by atoms with Crippen LogP contribution in [0.1, 0.15) is 19.8 Å². The third-order valence-electron chi connectivity index (χ3n) is 1.65. The number of hydrogen-bond acceptors (Lipinski definition) is 1. The summed E-state index contributed by atoms with van der Waals surface area (Å²) < 4.78 is 12.2. The molecule has 1 aliphatic rings.